The number of halogens is 1. The Balaban J connectivity index is 2.03. The maximum Gasteiger partial charge on any atom is 0.304 e. The van der Waals surface area contributed by atoms with Gasteiger partial charge in [0.1, 0.15) is 0 Å². The zero-order valence-electron chi connectivity index (χ0n) is 9.70. The van der Waals surface area contributed by atoms with Gasteiger partial charge in [-0.2, -0.15) is 4.39 Å². The molecule has 0 aliphatic heterocycles. The van der Waals surface area contributed by atoms with Crippen molar-refractivity contribution in [2.24, 2.45) is 0 Å². The molecule has 19 heavy (non-hydrogen) atoms. The van der Waals surface area contributed by atoms with Crippen LogP contribution in [0.25, 0.3) is 0 Å². The van der Waals surface area contributed by atoms with Crippen LogP contribution in [0.15, 0.2) is 26.9 Å². The first-order chi connectivity index (χ1) is 9.10. The summed E-state index contributed by atoms with van der Waals surface area (Å²) in [4.78, 5) is 9.76. The van der Waals surface area contributed by atoms with Gasteiger partial charge in [0.25, 0.3) is 0 Å². The number of aromatic nitrogens is 2. The molecule has 0 fully saturated rings. The van der Waals surface area contributed by atoms with Crippen molar-refractivity contribution in [2.45, 2.75) is 14.4 Å². The molecule has 0 bridgehead atoms. The standard InChI is InChI=1S/C10H8FN3O2S3/c1-17-9-12-13-10(19-9)18-5-6-2-3-8(14(15)16)7(11)4-6/h2-4H,5H2,1H3. The van der Waals surface area contributed by atoms with Crippen molar-refractivity contribution in [3.8, 4) is 0 Å². The van der Waals surface area contributed by atoms with E-state index in [1.54, 1.807) is 6.07 Å². The fraction of sp³-hybridized carbons (Fsp3) is 0.200. The number of hydrogen-bond acceptors (Lipinski definition) is 7. The van der Waals surface area contributed by atoms with Crippen LogP contribution in [-0.4, -0.2) is 21.4 Å². The molecule has 0 amide bonds. The van der Waals surface area contributed by atoms with Crippen LogP contribution in [-0.2, 0) is 5.75 Å². The Morgan fingerprint density at radius 2 is 2.16 bits per heavy atom. The molecule has 0 N–H and O–H groups in total. The van der Waals surface area contributed by atoms with Gasteiger partial charge < -0.3 is 0 Å². The van der Waals surface area contributed by atoms with E-state index >= 15 is 0 Å². The van der Waals surface area contributed by atoms with Crippen molar-refractivity contribution in [1.29, 1.82) is 0 Å². The molecular formula is C10H8FN3O2S3. The number of hydrogen-bond donors (Lipinski definition) is 0. The third kappa shape index (κ3) is 3.64. The minimum atomic E-state index is -0.815. The van der Waals surface area contributed by atoms with Crippen LogP contribution in [0.2, 0.25) is 0 Å². The minimum Gasteiger partial charge on any atom is -0.258 e. The first-order valence-corrected chi connectivity index (χ1v) is 8.06. The summed E-state index contributed by atoms with van der Waals surface area (Å²) < 4.78 is 15.1. The molecule has 0 saturated heterocycles. The van der Waals surface area contributed by atoms with Gasteiger partial charge in [-0.25, -0.2) is 0 Å². The van der Waals surface area contributed by atoms with Crippen molar-refractivity contribution in [1.82, 2.24) is 10.2 Å². The second kappa shape index (κ2) is 6.31. The lowest BCUT2D eigenvalue weighted by Gasteiger charge is -1.99. The minimum absolute atomic E-state index is 0.498. The van der Waals surface area contributed by atoms with Crippen LogP contribution >= 0.6 is 34.9 Å². The van der Waals surface area contributed by atoms with Crippen LogP contribution < -0.4 is 0 Å². The number of nitro groups is 1. The smallest absolute Gasteiger partial charge is 0.258 e. The number of nitro benzene ring substituents is 1. The molecule has 0 aliphatic carbocycles. The summed E-state index contributed by atoms with van der Waals surface area (Å²) in [6.45, 7) is 0. The Morgan fingerprint density at radius 3 is 2.74 bits per heavy atom. The summed E-state index contributed by atoms with van der Waals surface area (Å²) in [5.74, 6) is -0.317. The number of nitrogens with zero attached hydrogens (tertiary/aromatic N) is 3. The second-order valence-electron chi connectivity index (χ2n) is 3.37. The normalized spacial score (nSPS) is 10.6. The predicted octanol–water partition coefficient (Wildman–Crippen LogP) is 3.60. The molecule has 0 atom stereocenters. The molecule has 9 heteroatoms. The molecule has 1 aromatic carbocycles. The molecule has 2 aromatic rings. The van der Waals surface area contributed by atoms with E-state index in [4.69, 9.17) is 0 Å². The van der Waals surface area contributed by atoms with Gasteiger partial charge in [0, 0.05) is 11.8 Å². The summed E-state index contributed by atoms with van der Waals surface area (Å²) in [5, 5.41) is 18.4. The molecule has 0 aliphatic rings. The van der Waals surface area contributed by atoms with Gasteiger partial charge in [0.15, 0.2) is 8.68 Å². The number of rotatable bonds is 5. The molecule has 0 unspecified atom stereocenters. The number of thioether (sulfide) groups is 2. The fourth-order valence-corrected chi connectivity index (χ4v) is 3.65. The molecule has 0 spiro atoms. The predicted molar refractivity (Wildman–Crippen MR) is 74.3 cm³/mol. The molecule has 2 rings (SSSR count). The van der Waals surface area contributed by atoms with E-state index in [0.717, 1.165) is 8.68 Å². The van der Waals surface area contributed by atoms with Crippen molar-refractivity contribution in [2.75, 3.05) is 6.26 Å². The van der Waals surface area contributed by atoms with E-state index in [0.29, 0.717) is 11.3 Å². The maximum absolute atomic E-state index is 13.4. The Labute approximate surface area is 120 Å². The van der Waals surface area contributed by atoms with Crippen LogP contribution in [0.5, 0.6) is 0 Å². The lowest BCUT2D eigenvalue weighted by molar-refractivity contribution is -0.387. The Kier molecular flexibility index (Phi) is 4.72. The highest BCUT2D eigenvalue weighted by Gasteiger charge is 2.14. The average Bonchev–Trinajstić information content (AvgIpc) is 2.84. The van der Waals surface area contributed by atoms with E-state index in [-0.39, 0.29) is 0 Å². The largest absolute Gasteiger partial charge is 0.304 e. The van der Waals surface area contributed by atoms with Crippen LogP contribution in [0.1, 0.15) is 5.56 Å². The van der Waals surface area contributed by atoms with Gasteiger partial charge in [-0.15, -0.1) is 10.2 Å². The highest BCUT2D eigenvalue weighted by atomic mass is 32.2. The van der Waals surface area contributed by atoms with Gasteiger partial charge in [-0.3, -0.25) is 10.1 Å². The maximum atomic E-state index is 13.4. The van der Waals surface area contributed by atoms with E-state index in [1.807, 2.05) is 6.26 Å². The number of benzene rings is 1. The van der Waals surface area contributed by atoms with Gasteiger partial charge >= 0.3 is 5.69 Å². The van der Waals surface area contributed by atoms with Gasteiger partial charge in [-0.05, 0) is 17.9 Å². The van der Waals surface area contributed by atoms with Crippen molar-refractivity contribution >= 4 is 40.5 Å². The third-order valence-electron chi connectivity index (χ3n) is 2.13. The highest BCUT2D eigenvalue weighted by molar-refractivity contribution is 8.02. The molecular weight excluding hydrogens is 309 g/mol. The Bertz CT molecular complexity index is 605. The molecule has 0 radical (unpaired) electrons. The Morgan fingerprint density at radius 1 is 1.42 bits per heavy atom. The first-order valence-electron chi connectivity index (χ1n) is 5.03. The lowest BCUT2D eigenvalue weighted by atomic mass is 10.2. The van der Waals surface area contributed by atoms with Gasteiger partial charge in [0.05, 0.1) is 4.92 Å². The topological polar surface area (TPSA) is 68.9 Å². The van der Waals surface area contributed by atoms with Gasteiger partial charge in [-0.1, -0.05) is 40.9 Å². The quantitative estimate of drug-likeness (QED) is 0.477. The molecule has 1 heterocycles. The zero-order chi connectivity index (χ0) is 13.8. The monoisotopic (exact) mass is 317 g/mol. The molecule has 100 valence electrons. The zero-order valence-corrected chi connectivity index (χ0v) is 12.1. The van der Waals surface area contributed by atoms with Crippen LogP contribution in [0.4, 0.5) is 10.1 Å². The summed E-state index contributed by atoms with van der Waals surface area (Å²) in [6.07, 6.45) is 1.92. The van der Waals surface area contributed by atoms with E-state index < -0.39 is 16.4 Å². The summed E-state index contributed by atoms with van der Waals surface area (Å²) in [5.41, 5.74) is 0.170. The molecule has 5 nitrogen and oxygen atoms in total. The van der Waals surface area contributed by atoms with Crippen molar-refractivity contribution < 1.29 is 9.31 Å². The van der Waals surface area contributed by atoms with Crippen LogP contribution in [0, 0.1) is 15.9 Å². The molecule has 1 aromatic heterocycles. The second-order valence-corrected chi connectivity index (χ2v) is 6.62. The van der Waals surface area contributed by atoms with E-state index in [9.17, 15) is 14.5 Å². The van der Waals surface area contributed by atoms with Crippen molar-refractivity contribution in [3.05, 3.63) is 39.7 Å². The van der Waals surface area contributed by atoms with E-state index in [2.05, 4.69) is 10.2 Å². The summed E-state index contributed by atoms with van der Waals surface area (Å²) >= 11 is 4.41. The fourth-order valence-electron chi connectivity index (χ4n) is 1.27. The lowest BCUT2D eigenvalue weighted by Crippen LogP contribution is -1.93. The first kappa shape index (κ1) is 14.2. The summed E-state index contributed by atoms with van der Waals surface area (Å²) in [7, 11) is 0. The van der Waals surface area contributed by atoms with Gasteiger partial charge in [0.2, 0.25) is 5.82 Å². The highest BCUT2D eigenvalue weighted by Crippen LogP contribution is 2.30. The third-order valence-corrected chi connectivity index (χ3v) is 5.24. The average molecular weight is 317 g/mol. The summed E-state index contributed by atoms with van der Waals surface area (Å²) in [6, 6.07) is 3.91. The van der Waals surface area contributed by atoms with Crippen molar-refractivity contribution in [3.63, 3.8) is 0 Å². The van der Waals surface area contributed by atoms with Crippen LogP contribution in [0.3, 0.4) is 0 Å². The molecule has 0 saturated carbocycles. The Hall–Kier alpha value is -1.19. The van der Waals surface area contributed by atoms with E-state index in [1.165, 1.54) is 47.0 Å². The SMILES string of the molecule is CSc1nnc(SCc2ccc([N+](=O)[O-])c(F)c2)s1.